The van der Waals surface area contributed by atoms with Gasteiger partial charge in [-0.05, 0) is 38.1 Å². The number of hydrogen-bond acceptors (Lipinski definition) is 6. The number of ether oxygens (including phenoxy) is 1. The zero-order valence-corrected chi connectivity index (χ0v) is 15.7. The van der Waals surface area contributed by atoms with Gasteiger partial charge in [0.25, 0.3) is 5.91 Å². The topological polar surface area (TPSA) is 87.7 Å². The van der Waals surface area contributed by atoms with E-state index in [9.17, 15) is 9.59 Å². The van der Waals surface area contributed by atoms with Crippen LogP contribution in [-0.4, -0.2) is 59.5 Å². The van der Waals surface area contributed by atoms with Crippen LogP contribution in [0.4, 0.5) is 11.6 Å². The maximum absolute atomic E-state index is 12.8. The standard InChI is InChI=1S/C19H23N5O3/c1-4-20-19-21-11-14(12-22-19)18(26)23-9-10-24(17(25)13(23)2)15-5-7-16(27-3)8-6-15/h5-8,11-13H,4,9-10H2,1-3H3,(H,20,21,22)/t13-/m0/s1. The first-order valence-corrected chi connectivity index (χ1v) is 8.87. The third kappa shape index (κ3) is 3.84. The molecule has 0 spiro atoms. The summed E-state index contributed by atoms with van der Waals surface area (Å²) in [6, 6.07) is 6.74. The average molecular weight is 369 g/mol. The van der Waals surface area contributed by atoms with Crippen LogP contribution in [0.3, 0.4) is 0 Å². The summed E-state index contributed by atoms with van der Waals surface area (Å²) in [5, 5.41) is 2.98. The molecule has 1 aromatic carbocycles. The second-order valence-corrected chi connectivity index (χ2v) is 6.19. The van der Waals surface area contributed by atoms with Crippen molar-refractivity contribution in [3.63, 3.8) is 0 Å². The number of anilines is 2. The summed E-state index contributed by atoms with van der Waals surface area (Å²) in [6.07, 6.45) is 2.97. The average Bonchev–Trinajstić information content (AvgIpc) is 2.70. The summed E-state index contributed by atoms with van der Waals surface area (Å²) in [5.74, 6) is 0.842. The number of nitrogens with one attached hydrogen (secondary N) is 1. The van der Waals surface area contributed by atoms with Crippen molar-refractivity contribution < 1.29 is 14.3 Å². The zero-order valence-electron chi connectivity index (χ0n) is 15.7. The Balaban J connectivity index is 1.72. The zero-order chi connectivity index (χ0) is 19.4. The van der Waals surface area contributed by atoms with Crippen LogP contribution in [-0.2, 0) is 4.79 Å². The third-order valence-electron chi connectivity index (χ3n) is 4.53. The van der Waals surface area contributed by atoms with Crippen LogP contribution in [0.5, 0.6) is 5.75 Å². The Bertz CT molecular complexity index is 807. The number of hydrogen-bond donors (Lipinski definition) is 1. The molecule has 1 N–H and O–H groups in total. The minimum Gasteiger partial charge on any atom is -0.497 e. The van der Waals surface area contributed by atoms with Gasteiger partial charge in [-0.15, -0.1) is 0 Å². The van der Waals surface area contributed by atoms with E-state index in [1.807, 2.05) is 31.2 Å². The van der Waals surface area contributed by atoms with Crippen molar-refractivity contribution in [3.05, 3.63) is 42.2 Å². The van der Waals surface area contributed by atoms with Crippen molar-refractivity contribution in [2.24, 2.45) is 0 Å². The highest BCUT2D eigenvalue weighted by molar-refractivity contribution is 6.03. The van der Waals surface area contributed by atoms with Gasteiger partial charge in [-0.1, -0.05) is 0 Å². The predicted molar refractivity (Wildman–Crippen MR) is 102 cm³/mol. The van der Waals surface area contributed by atoms with Gasteiger partial charge in [-0.25, -0.2) is 9.97 Å². The molecule has 1 fully saturated rings. The van der Waals surface area contributed by atoms with Crippen molar-refractivity contribution in [2.45, 2.75) is 19.9 Å². The summed E-state index contributed by atoms with van der Waals surface area (Å²) in [7, 11) is 1.60. The molecule has 0 saturated carbocycles. The first-order valence-electron chi connectivity index (χ1n) is 8.87. The van der Waals surface area contributed by atoms with Crippen molar-refractivity contribution in [1.29, 1.82) is 0 Å². The molecule has 1 saturated heterocycles. The molecule has 1 aliphatic rings. The highest BCUT2D eigenvalue weighted by Crippen LogP contribution is 2.24. The van der Waals surface area contributed by atoms with Crippen LogP contribution in [0.25, 0.3) is 0 Å². The van der Waals surface area contributed by atoms with E-state index < -0.39 is 6.04 Å². The van der Waals surface area contributed by atoms with Crippen molar-refractivity contribution >= 4 is 23.5 Å². The SMILES string of the molecule is CCNc1ncc(C(=O)N2CCN(c3ccc(OC)cc3)C(=O)[C@@H]2C)cn1. The van der Waals surface area contributed by atoms with Crippen LogP contribution in [0.1, 0.15) is 24.2 Å². The monoisotopic (exact) mass is 369 g/mol. The van der Waals surface area contributed by atoms with E-state index >= 15 is 0 Å². The largest absolute Gasteiger partial charge is 0.497 e. The number of piperazine rings is 1. The Morgan fingerprint density at radius 3 is 2.48 bits per heavy atom. The number of aromatic nitrogens is 2. The van der Waals surface area contributed by atoms with Gasteiger partial charge >= 0.3 is 0 Å². The molecule has 1 aromatic heterocycles. The smallest absolute Gasteiger partial charge is 0.257 e. The second-order valence-electron chi connectivity index (χ2n) is 6.19. The van der Waals surface area contributed by atoms with Gasteiger partial charge in [0.1, 0.15) is 11.8 Å². The Labute approximate surface area is 158 Å². The predicted octanol–water partition coefficient (Wildman–Crippen LogP) is 1.79. The van der Waals surface area contributed by atoms with Crippen molar-refractivity contribution in [1.82, 2.24) is 14.9 Å². The Morgan fingerprint density at radius 2 is 1.89 bits per heavy atom. The first kappa shape index (κ1) is 18.6. The fraction of sp³-hybridized carbons (Fsp3) is 0.368. The number of amides is 2. The first-order chi connectivity index (χ1) is 13.0. The van der Waals surface area contributed by atoms with E-state index in [0.717, 1.165) is 11.4 Å². The molecule has 2 aromatic rings. The lowest BCUT2D eigenvalue weighted by atomic mass is 10.1. The van der Waals surface area contributed by atoms with Gasteiger partial charge in [0.05, 0.1) is 12.7 Å². The van der Waals surface area contributed by atoms with E-state index in [1.54, 1.807) is 23.8 Å². The molecular formula is C19H23N5O3. The van der Waals surface area contributed by atoms with Gasteiger partial charge in [0.15, 0.2) is 0 Å². The molecule has 3 rings (SSSR count). The van der Waals surface area contributed by atoms with Crippen LogP contribution >= 0.6 is 0 Å². The minimum atomic E-state index is -0.568. The molecule has 27 heavy (non-hydrogen) atoms. The van der Waals surface area contributed by atoms with Gasteiger partial charge in [-0.2, -0.15) is 0 Å². The van der Waals surface area contributed by atoms with Crippen molar-refractivity contribution in [2.75, 3.05) is 37.0 Å². The highest BCUT2D eigenvalue weighted by Gasteiger charge is 2.35. The molecule has 0 bridgehead atoms. The quantitative estimate of drug-likeness (QED) is 0.865. The van der Waals surface area contributed by atoms with E-state index in [1.165, 1.54) is 12.4 Å². The molecule has 2 heterocycles. The van der Waals surface area contributed by atoms with Crippen LogP contribution in [0, 0.1) is 0 Å². The fourth-order valence-corrected chi connectivity index (χ4v) is 3.02. The lowest BCUT2D eigenvalue weighted by molar-refractivity contribution is -0.124. The summed E-state index contributed by atoms with van der Waals surface area (Å²) in [4.78, 5) is 37.1. The van der Waals surface area contributed by atoms with Crippen molar-refractivity contribution in [3.8, 4) is 5.75 Å². The summed E-state index contributed by atoms with van der Waals surface area (Å²) in [6.45, 7) is 5.25. The Kier molecular flexibility index (Phi) is 5.54. The number of nitrogens with zero attached hydrogens (tertiary/aromatic N) is 4. The molecule has 1 atom stereocenters. The number of benzene rings is 1. The van der Waals surface area contributed by atoms with E-state index in [-0.39, 0.29) is 11.8 Å². The molecule has 142 valence electrons. The van der Waals surface area contributed by atoms with Gasteiger partial charge in [0, 0.05) is 37.7 Å². The second kappa shape index (κ2) is 8.03. The highest BCUT2D eigenvalue weighted by atomic mass is 16.5. The fourth-order valence-electron chi connectivity index (χ4n) is 3.02. The number of methoxy groups -OCH3 is 1. The van der Waals surface area contributed by atoms with Gasteiger partial charge < -0.3 is 19.9 Å². The lowest BCUT2D eigenvalue weighted by Gasteiger charge is -2.39. The summed E-state index contributed by atoms with van der Waals surface area (Å²) in [5.41, 5.74) is 1.16. The Morgan fingerprint density at radius 1 is 1.22 bits per heavy atom. The molecule has 2 amide bonds. The van der Waals surface area contributed by atoms with Crippen LogP contribution in [0.2, 0.25) is 0 Å². The summed E-state index contributed by atoms with van der Waals surface area (Å²) >= 11 is 0. The van der Waals surface area contributed by atoms with Gasteiger partial charge in [0.2, 0.25) is 11.9 Å². The van der Waals surface area contributed by atoms with E-state index in [4.69, 9.17) is 4.74 Å². The van der Waals surface area contributed by atoms with E-state index in [2.05, 4.69) is 15.3 Å². The maximum atomic E-state index is 12.8. The number of carbonyl (C=O) groups excluding carboxylic acids is 2. The molecule has 0 unspecified atom stereocenters. The molecule has 1 aliphatic heterocycles. The Hall–Kier alpha value is -3.16. The summed E-state index contributed by atoms with van der Waals surface area (Å²) < 4.78 is 5.15. The normalized spacial score (nSPS) is 17.0. The molecule has 0 aliphatic carbocycles. The lowest BCUT2D eigenvalue weighted by Crippen LogP contribution is -2.57. The van der Waals surface area contributed by atoms with E-state index in [0.29, 0.717) is 31.1 Å². The maximum Gasteiger partial charge on any atom is 0.257 e. The van der Waals surface area contributed by atoms with Gasteiger partial charge in [-0.3, -0.25) is 9.59 Å². The molecule has 0 radical (unpaired) electrons. The van der Waals surface area contributed by atoms with Crippen LogP contribution < -0.4 is 15.0 Å². The molecular weight excluding hydrogens is 346 g/mol. The third-order valence-corrected chi connectivity index (χ3v) is 4.53. The van der Waals surface area contributed by atoms with Crippen LogP contribution in [0.15, 0.2) is 36.7 Å². The molecule has 8 nitrogen and oxygen atoms in total. The number of rotatable bonds is 5. The molecule has 8 heteroatoms. The minimum absolute atomic E-state index is 0.120. The number of carbonyl (C=O) groups is 2.